The van der Waals surface area contributed by atoms with Gasteiger partial charge in [0.05, 0.1) is 13.2 Å². The lowest BCUT2D eigenvalue weighted by Crippen LogP contribution is -2.62. The molecular formula is C6H11IO6. The molecule has 0 bridgehead atoms. The first kappa shape index (κ1) is 11.6. The summed E-state index contributed by atoms with van der Waals surface area (Å²) in [5.41, 5.74) is 0. The largest absolute Gasteiger partial charge is 0.391 e. The highest BCUT2D eigenvalue weighted by Gasteiger charge is 2.48. The molecule has 0 amide bonds. The smallest absolute Gasteiger partial charge is 0.218 e. The molecule has 1 aliphatic rings. The van der Waals surface area contributed by atoms with Crippen LogP contribution in [0.15, 0.2) is 0 Å². The molecule has 1 heterocycles. The zero-order valence-electron chi connectivity index (χ0n) is 6.63. The van der Waals surface area contributed by atoms with Gasteiger partial charge in [-0.15, -0.1) is 0 Å². The Morgan fingerprint density at radius 3 is 2.62 bits per heavy atom. The van der Waals surface area contributed by atoms with Crippen molar-refractivity contribution in [1.82, 2.24) is 0 Å². The molecule has 13 heavy (non-hydrogen) atoms. The summed E-state index contributed by atoms with van der Waals surface area (Å²) >= 11 is 1.56. The second-order valence-electron chi connectivity index (χ2n) is 2.88. The molecule has 0 aromatic heterocycles. The maximum atomic E-state index is 9.39. The summed E-state index contributed by atoms with van der Waals surface area (Å²) < 4.78 is 9.52. The van der Waals surface area contributed by atoms with Gasteiger partial charge in [-0.1, -0.05) is 0 Å². The number of hydrogen-bond donors (Lipinski definition) is 4. The van der Waals surface area contributed by atoms with Crippen molar-refractivity contribution in [2.75, 3.05) is 13.2 Å². The number of aliphatic hydroxyl groups is 4. The average Bonchev–Trinajstić information content (AvgIpc) is 2.15. The fourth-order valence-corrected chi connectivity index (χ4v) is 1.55. The first-order valence-corrected chi connectivity index (χ1v) is 4.54. The summed E-state index contributed by atoms with van der Waals surface area (Å²) in [5.74, 6) is -2.09. The van der Waals surface area contributed by atoms with Gasteiger partial charge in [-0.3, -0.25) is 0 Å². The molecule has 0 radical (unpaired) electrons. The molecule has 1 saturated heterocycles. The summed E-state index contributed by atoms with van der Waals surface area (Å²) in [6.07, 6.45) is -3.56. The van der Waals surface area contributed by atoms with Crippen LogP contribution in [0.5, 0.6) is 0 Å². The highest BCUT2D eigenvalue weighted by atomic mass is 127. The van der Waals surface area contributed by atoms with Crippen molar-refractivity contribution < 1.29 is 28.2 Å². The van der Waals surface area contributed by atoms with Gasteiger partial charge < -0.3 is 28.2 Å². The monoisotopic (exact) mass is 306 g/mol. The van der Waals surface area contributed by atoms with Gasteiger partial charge in [0.25, 0.3) is 0 Å². The van der Waals surface area contributed by atoms with Crippen LogP contribution < -0.4 is 0 Å². The molecule has 6 nitrogen and oxygen atoms in total. The molecule has 78 valence electrons. The third-order valence-corrected chi connectivity index (χ3v) is 2.66. The van der Waals surface area contributed by atoms with Crippen LogP contribution in [0.3, 0.4) is 0 Å². The molecule has 1 fully saturated rings. The van der Waals surface area contributed by atoms with Crippen LogP contribution in [0, 0.1) is 0 Å². The lowest BCUT2D eigenvalue weighted by atomic mass is 9.98. The fraction of sp³-hybridized carbons (Fsp3) is 1.00. The fourth-order valence-electron chi connectivity index (χ4n) is 1.10. The van der Waals surface area contributed by atoms with Crippen LogP contribution in [0.1, 0.15) is 0 Å². The number of hydrogen-bond acceptors (Lipinski definition) is 6. The van der Waals surface area contributed by atoms with Crippen LogP contribution in [-0.2, 0) is 7.80 Å². The summed E-state index contributed by atoms with van der Waals surface area (Å²) in [7, 11) is 0. The van der Waals surface area contributed by atoms with Crippen molar-refractivity contribution in [3.63, 3.8) is 0 Å². The Hall–Kier alpha value is 0.490. The predicted octanol–water partition coefficient (Wildman–Crippen LogP) is -1.85. The molecular weight excluding hydrogens is 295 g/mol. The standard InChI is InChI=1S/C6H11IO6/c7-13-3-1-12-6(11,2-8)5(10)4(3)9/h3-5,8-11H,1-2H2/t3?,4-,5+,6-/m1/s1. The van der Waals surface area contributed by atoms with E-state index in [4.69, 9.17) is 12.9 Å². The molecule has 1 unspecified atom stereocenters. The molecule has 1 rings (SSSR count). The van der Waals surface area contributed by atoms with Gasteiger partial charge in [-0.2, -0.15) is 0 Å². The van der Waals surface area contributed by atoms with E-state index in [0.717, 1.165) is 0 Å². The van der Waals surface area contributed by atoms with Crippen LogP contribution in [0.2, 0.25) is 0 Å². The van der Waals surface area contributed by atoms with E-state index < -0.39 is 30.7 Å². The summed E-state index contributed by atoms with van der Waals surface area (Å²) in [6, 6.07) is 0. The van der Waals surface area contributed by atoms with E-state index >= 15 is 0 Å². The Bertz CT molecular complexity index is 179. The number of aliphatic hydroxyl groups excluding tert-OH is 3. The normalized spacial score (nSPS) is 46.4. The van der Waals surface area contributed by atoms with Gasteiger partial charge in [0.1, 0.15) is 41.3 Å². The quantitative estimate of drug-likeness (QED) is 0.447. The van der Waals surface area contributed by atoms with Crippen molar-refractivity contribution in [3.05, 3.63) is 0 Å². The second kappa shape index (κ2) is 4.34. The molecule has 0 saturated carbocycles. The van der Waals surface area contributed by atoms with Gasteiger partial charge in [0.2, 0.25) is 5.79 Å². The van der Waals surface area contributed by atoms with Crippen molar-refractivity contribution in [2.45, 2.75) is 24.1 Å². The molecule has 7 heteroatoms. The lowest BCUT2D eigenvalue weighted by molar-refractivity contribution is -0.326. The molecule has 4 N–H and O–H groups in total. The number of halogens is 1. The third kappa shape index (κ3) is 2.12. The average molecular weight is 306 g/mol. The van der Waals surface area contributed by atoms with Crippen molar-refractivity contribution >= 4 is 23.0 Å². The third-order valence-electron chi connectivity index (χ3n) is 2.01. The zero-order valence-corrected chi connectivity index (χ0v) is 8.79. The Labute approximate surface area is 88.8 Å². The number of rotatable bonds is 2. The highest BCUT2D eigenvalue weighted by Crippen LogP contribution is 2.25. The van der Waals surface area contributed by atoms with Crippen LogP contribution in [-0.4, -0.2) is 57.7 Å². The molecule has 1 aliphatic heterocycles. The minimum Gasteiger partial charge on any atom is -0.391 e. The molecule has 0 aliphatic carbocycles. The van der Waals surface area contributed by atoms with Crippen LogP contribution in [0.25, 0.3) is 0 Å². The van der Waals surface area contributed by atoms with Crippen molar-refractivity contribution in [2.24, 2.45) is 0 Å². The highest BCUT2D eigenvalue weighted by molar-refractivity contribution is 14.1. The van der Waals surface area contributed by atoms with E-state index in [-0.39, 0.29) is 6.61 Å². The summed E-state index contributed by atoms with van der Waals surface area (Å²) in [4.78, 5) is 0. The van der Waals surface area contributed by atoms with E-state index in [0.29, 0.717) is 0 Å². The van der Waals surface area contributed by atoms with E-state index in [1.54, 1.807) is 23.0 Å². The Balaban J connectivity index is 2.69. The maximum absolute atomic E-state index is 9.39. The SMILES string of the molecule is OC[C@@]1(O)OCC(OI)[C@@H](O)[C@@H]1O. The lowest BCUT2D eigenvalue weighted by Gasteiger charge is -2.41. The molecule has 0 spiro atoms. The minimum absolute atomic E-state index is 0.0851. The van der Waals surface area contributed by atoms with Crippen LogP contribution >= 0.6 is 23.0 Å². The van der Waals surface area contributed by atoms with E-state index in [2.05, 4.69) is 0 Å². The number of ether oxygens (including phenoxy) is 1. The summed E-state index contributed by atoms with van der Waals surface area (Å²) in [6.45, 7) is -0.864. The van der Waals surface area contributed by atoms with Crippen molar-refractivity contribution in [3.8, 4) is 0 Å². The van der Waals surface area contributed by atoms with E-state index in [1.807, 2.05) is 0 Å². The van der Waals surface area contributed by atoms with Gasteiger partial charge in [0, 0.05) is 0 Å². The minimum atomic E-state index is -2.09. The second-order valence-corrected chi connectivity index (χ2v) is 3.39. The van der Waals surface area contributed by atoms with E-state index in [9.17, 15) is 15.3 Å². The van der Waals surface area contributed by atoms with Gasteiger partial charge in [-0.05, 0) is 0 Å². The first-order chi connectivity index (χ1) is 6.05. The molecule has 0 aromatic rings. The predicted molar refractivity (Wildman–Crippen MR) is 48.9 cm³/mol. The Kier molecular flexibility index (Phi) is 3.86. The Morgan fingerprint density at radius 1 is 1.54 bits per heavy atom. The first-order valence-electron chi connectivity index (χ1n) is 3.66. The molecule has 0 aromatic carbocycles. The molecule has 4 atom stereocenters. The summed E-state index contributed by atoms with van der Waals surface area (Å²) in [5, 5.41) is 36.8. The van der Waals surface area contributed by atoms with Gasteiger partial charge in [0.15, 0.2) is 0 Å². The topological polar surface area (TPSA) is 99.4 Å². The van der Waals surface area contributed by atoms with E-state index in [1.165, 1.54) is 0 Å². The zero-order chi connectivity index (χ0) is 10.1. The van der Waals surface area contributed by atoms with Gasteiger partial charge >= 0.3 is 0 Å². The Morgan fingerprint density at radius 2 is 2.15 bits per heavy atom. The van der Waals surface area contributed by atoms with Gasteiger partial charge in [-0.25, -0.2) is 0 Å². The maximum Gasteiger partial charge on any atom is 0.218 e. The van der Waals surface area contributed by atoms with Crippen LogP contribution in [0.4, 0.5) is 0 Å². The van der Waals surface area contributed by atoms with Crippen molar-refractivity contribution in [1.29, 1.82) is 0 Å².